The Kier molecular flexibility index (Phi) is 6.51. The van der Waals surface area contributed by atoms with Crippen LogP contribution < -0.4 is 19.7 Å². The smallest absolute Gasteiger partial charge is 0.335 e. The van der Waals surface area contributed by atoms with Crippen molar-refractivity contribution in [1.82, 2.24) is 5.32 Å². The van der Waals surface area contributed by atoms with Crippen LogP contribution in [-0.4, -0.2) is 31.6 Å². The minimum atomic E-state index is -0.771. The number of barbiturate groups is 1. The number of anilines is 1. The van der Waals surface area contributed by atoms with Gasteiger partial charge in [-0.3, -0.25) is 14.9 Å². The molecule has 0 radical (unpaired) electrons. The average molecular weight is 408 g/mol. The van der Waals surface area contributed by atoms with Gasteiger partial charge in [0.2, 0.25) is 0 Å². The molecule has 3 rings (SSSR count). The highest BCUT2D eigenvalue weighted by Crippen LogP contribution is 2.30. The normalized spacial score (nSPS) is 15.4. The predicted octanol–water partition coefficient (Wildman–Crippen LogP) is 3.71. The van der Waals surface area contributed by atoms with E-state index in [0.29, 0.717) is 29.4 Å². The van der Waals surface area contributed by atoms with E-state index < -0.39 is 17.8 Å². The van der Waals surface area contributed by atoms with Crippen LogP contribution in [0.4, 0.5) is 10.5 Å². The van der Waals surface area contributed by atoms with Crippen molar-refractivity contribution in [2.45, 2.75) is 26.7 Å². The van der Waals surface area contributed by atoms with E-state index in [4.69, 9.17) is 9.47 Å². The quantitative estimate of drug-likeness (QED) is 0.558. The first-order chi connectivity index (χ1) is 14.5. The maximum atomic E-state index is 13.0. The number of methoxy groups -OCH3 is 1. The van der Waals surface area contributed by atoms with Gasteiger partial charge in [-0.05, 0) is 54.3 Å². The van der Waals surface area contributed by atoms with Crippen LogP contribution in [0.2, 0.25) is 0 Å². The molecule has 1 aliphatic heterocycles. The van der Waals surface area contributed by atoms with Gasteiger partial charge in [0, 0.05) is 0 Å². The summed E-state index contributed by atoms with van der Waals surface area (Å²) in [6.07, 6.45) is 3.13. The third kappa shape index (κ3) is 4.35. The lowest BCUT2D eigenvalue weighted by Gasteiger charge is -2.26. The van der Waals surface area contributed by atoms with Crippen molar-refractivity contribution in [2.24, 2.45) is 0 Å². The molecule has 7 nitrogen and oxygen atoms in total. The van der Waals surface area contributed by atoms with Crippen LogP contribution in [0.1, 0.15) is 31.4 Å². The number of hydrogen-bond donors (Lipinski definition) is 1. The standard InChI is InChI=1S/C23H24N2O5/c1-4-12-30-19-11-8-16(14-20(19)29-3)13-18-21(26)24-23(28)25(22(18)27)17-9-6-15(5-2)7-10-17/h6-11,13-14H,4-5,12H2,1-3H3,(H,24,26,28)/b18-13+. The minimum absolute atomic E-state index is 0.140. The Morgan fingerprint density at radius 1 is 1.00 bits per heavy atom. The van der Waals surface area contributed by atoms with E-state index in [-0.39, 0.29) is 5.57 Å². The molecule has 0 aliphatic carbocycles. The molecule has 1 heterocycles. The zero-order valence-electron chi connectivity index (χ0n) is 17.2. The third-order valence-corrected chi connectivity index (χ3v) is 4.66. The van der Waals surface area contributed by atoms with Crippen LogP contribution in [0.25, 0.3) is 6.08 Å². The molecule has 30 heavy (non-hydrogen) atoms. The number of carbonyl (C=O) groups excluding carboxylic acids is 3. The summed E-state index contributed by atoms with van der Waals surface area (Å²) in [5, 5.41) is 2.23. The van der Waals surface area contributed by atoms with Crippen LogP contribution in [0.15, 0.2) is 48.0 Å². The molecule has 2 aromatic carbocycles. The topological polar surface area (TPSA) is 84.9 Å². The summed E-state index contributed by atoms with van der Waals surface area (Å²) >= 11 is 0. The number of benzene rings is 2. The first kappa shape index (κ1) is 21.1. The zero-order valence-corrected chi connectivity index (χ0v) is 17.2. The van der Waals surface area contributed by atoms with Gasteiger partial charge in [0.05, 0.1) is 19.4 Å². The van der Waals surface area contributed by atoms with Crippen molar-refractivity contribution in [3.05, 3.63) is 59.2 Å². The number of imide groups is 2. The number of nitrogens with zero attached hydrogens (tertiary/aromatic N) is 1. The van der Waals surface area contributed by atoms with Gasteiger partial charge in [-0.25, -0.2) is 9.69 Å². The molecule has 1 N–H and O–H groups in total. The molecule has 0 bridgehead atoms. The van der Waals surface area contributed by atoms with Gasteiger partial charge >= 0.3 is 6.03 Å². The number of hydrogen-bond acceptors (Lipinski definition) is 5. The maximum absolute atomic E-state index is 13.0. The average Bonchev–Trinajstić information content (AvgIpc) is 2.75. The Balaban J connectivity index is 1.93. The van der Waals surface area contributed by atoms with E-state index in [1.807, 2.05) is 26.0 Å². The largest absolute Gasteiger partial charge is 0.493 e. The molecule has 2 aromatic rings. The van der Waals surface area contributed by atoms with Crippen LogP contribution >= 0.6 is 0 Å². The lowest BCUT2D eigenvalue weighted by Crippen LogP contribution is -2.54. The van der Waals surface area contributed by atoms with Crippen molar-refractivity contribution in [3.8, 4) is 11.5 Å². The van der Waals surface area contributed by atoms with E-state index in [2.05, 4.69) is 5.32 Å². The molecule has 0 saturated carbocycles. The van der Waals surface area contributed by atoms with E-state index in [1.54, 1.807) is 30.3 Å². The van der Waals surface area contributed by atoms with E-state index in [0.717, 1.165) is 23.3 Å². The van der Waals surface area contributed by atoms with Crippen LogP contribution in [0.5, 0.6) is 11.5 Å². The zero-order chi connectivity index (χ0) is 21.7. The summed E-state index contributed by atoms with van der Waals surface area (Å²) in [6, 6.07) is 11.4. The summed E-state index contributed by atoms with van der Waals surface area (Å²) in [6.45, 7) is 4.56. The van der Waals surface area contributed by atoms with Gasteiger partial charge in [-0.1, -0.05) is 32.0 Å². The Bertz CT molecular complexity index is 995. The fraction of sp³-hybridized carbons (Fsp3) is 0.261. The minimum Gasteiger partial charge on any atom is -0.493 e. The summed E-state index contributed by atoms with van der Waals surface area (Å²) in [5.74, 6) is -0.353. The molecular weight excluding hydrogens is 384 g/mol. The number of urea groups is 1. The van der Waals surface area contributed by atoms with Crippen LogP contribution in [-0.2, 0) is 16.0 Å². The molecule has 156 valence electrons. The molecule has 1 saturated heterocycles. The van der Waals surface area contributed by atoms with Crippen molar-refractivity contribution in [2.75, 3.05) is 18.6 Å². The molecule has 4 amide bonds. The molecule has 7 heteroatoms. The predicted molar refractivity (Wildman–Crippen MR) is 114 cm³/mol. The van der Waals surface area contributed by atoms with Gasteiger partial charge in [0.1, 0.15) is 5.57 Å². The highest BCUT2D eigenvalue weighted by molar-refractivity contribution is 6.39. The van der Waals surface area contributed by atoms with E-state index in [9.17, 15) is 14.4 Å². The number of carbonyl (C=O) groups is 3. The second-order valence-electron chi connectivity index (χ2n) is 6.74. The van der Waals surface area contributed by atoms with Crippen LogP contribution in [0.3, 0.4) is 0 Å². The lowest BCUT2D eigenvalue weighted by atomic mass is 10.1. The van der Waals surface area contributed by atoms with Crippen LogP contribution in [0, 0.1) is 0 Å². The molecule has 0 spiro atoms. The van der Waals surface area contributed by atoms with Gasteiger partial charge in [-0.2, -0.15) is 0 Å². The number of aryl methyl sites for hydroxylation is 1. The Morgan fingerprint density at radius 2 is 1.73 bits per heavy atom. The van der Waals surface area contributed by atoms with Crippen molar-refractivity contribution >= 4 is 29.6 Å². The third-order valence-electron chi connectivity index (χ3n) is 4.66. The Hall–Kier alpha value is -3.61. The van der Waals surface area contributed by atoms with Gasteiger partial charge < -0.3 is 9.47 Å². The number of nitrogens with one attached hydrogen (secondary N) is 1. The van der Waals surface area contributed by atoms with Crippen molar-refractivity contribution in [3.63, 3.8) is 0 Å². The molecule has 0 atom stereocenters. The second kappa shape index (κ2) is 9.26. The van der Waals surface area contributed by atoms with Crippen molar-refractivity contribution in [1.29, 1.82) is 0 Å². The van der Waals surface area contributed by atoms with E-state index >= 15 is 0 Å². The molecular formula is C23H24N2O5. The van der Waals surface area contributed by atoms with E-state index in [1.165, 1.54) is 13.2 Å². The summed E-state index contributed by atoms with van der Waals surface area (Å²) in [4.78, 5) is 38.6. The van der Waals surface area contributed by atoms with Gasteiger partial charge in [0.25, 0.3) is 11.8 Å². The summed E-state index contributed by atoms with van der Waals surface area (Å²) < 4.78 is 11.0. The number of amides is 4. The molecule has 1 aliphatic rings. The maximum Gasteiger partial charge on any atom is 0.335 e. The first-order valence-electron chi connectivity index (χ1n) is 9.79. The highest BCUT2D eigenvalue weighted by Gasteiger charge is 2.36. The number of ether oxygens (including phenoxy) is 2. The van der Waals surface area contributed by atoms with Gasteiger partial charge in [-0.15, -0.1) is 0 Å². The fourth-order valence-corrected chi connectivity index (χ4v) is 3.04. The first-order valence-corrected chi connectivity index (χ1v) is 9.79. The Morgan fingerprint density at radius 3 is 2.37 bits per heavy atom. The molecule has 1 fully saturated rings. The van der Waals surface area contributed by atoms with Gasteiger partial charge in [0.15, 0.2) is 11.5 Å². The monoisotopic (exact) mass is 408 g/mol. The second-order valence-corrected chi connectivity index (χ2v) is 6.74. The summed E-state index contributed by atoms with van der Waals surface area (Å²) in [5.41, 5.74) is 1.91. The lowest BCUT2D eigenvalue weighted by molar-refractivity contribution is -0.122. The van der Waals surface area contributed by atoms with Crippen molar-refractivity contribution < 1.29 is 23.9 Å². The SMILES string of the molecule is CCCOc1ccc(/C=C2\C(=O)NC(=O)N(c3ccc(CC)cc3)C2=O)cc1OC. The Labute approximate surface area is 175 Å². The summed E-state index contributed by atoms with van der Waals surface area (Å²) in [7, 11) is 1.52. The fourth-order valence-electron chi connectivity index (χ4n) is 3.04. The highest BCUT2D eigenvalue weighted by atomic mass is 16.5. The number of rotatable bonds is 7. The molecule has 0 unspecified atom stereocenters. The molecule has 0 aromatic heterocycles.